The minimum Gasteiger partial charge on any atom is -0.268 e. The number of carbonyl (C=O) groups is 1. The van der Waals surface area contributed by atoms with E-state index in [1.54, 1.807) is 0 Å². The number of amides is 1. The van der Waals surface area contributed by atoms with Gasteiger partial charge < -0.3 is 0 Å². The Bertz CT molecular complexity index is 542. The van der Waals surface area contributed by atoms with Gasteiger partial charge in [0.2, 0.25) is 16.0 Å². The molecule has 0 unspecified atom stereocenters. The molecule has 1 heterocycles. The molecule has 0 fully saturated rings. The van der Waals surface area contributed by atoms with Crippen molar-refractivity contribution in [3.8, 4) is 0 Å². The van der Waals surface area contributed by atoms with Crippen molar-refractivity contribution in [3.05, 3.63) is 29.8 Å². The van der Waals surface area contributed by atoms with Crippen LogP contribution in [0.15, 0.2) is 18.3 Å². The average molecular weight is 288 g/mol. The van der Waals surface area contributed by atoms with Gasteiger partial charge in [-0.15, -0.1) is 0 Å². The first-order valence-corrected chi connectivity index (χ1v) is 7.69. The van der Waals surface area contributed by atoms with Crippen LogP contribution in [0.3, 0.4) is 0 Å². The van der Waals surface area contributed by atoms with Crippen molar-refractivity contribution >= 4 is 15.9 Å². The van der Waals surface area contributed by atoms with E-state index >= 15 is 0 Å². The van der Waals surface area contributed by atoms with Crippen molar-refractivity contribution in [1.29, 1.82) is 0 Å². The summed E-state index contributed by atoms with van der Waals surface area (Å²) in [6, 6.07) is 2.15. The van der Waals surface area contributed by atoms with Gasteiger partial charge in [0.25, 0.3) is 5.91 Å². The fourth-order valence-corrected chi connectivity index (χ4v) is 3.20. The van der Waals surface area contributed by atoms with Gasteiger partial charge in [-0.05, 0) is 12.0 Å². The van der Waals surface area contributed by atoms with Crippen molar-refractivity contribution in [3.63, 3.8) is 0 Å². The van der Waals surface area contributed by atoms with E-state index in [4.69, 9.17) is 0 Å². The predicted octanol–water partition coefficient (Wildman–Crippen LogP) is 1.72. The Morgan fingerprint density at radius 3 is 2.58 bits per heavy atom. The van der Waals surface area contributed by atoms with Crippen LogP contribution in [0.4, 0.5) is 4.39 Å². The Morgan fingerprint density at radius 1 is 1.42 bits per heavy atom. The molecule has 1 amide bonds. The number of sulfonamides is 1. The van der Waals surface area contributed by atoms with Crippen LogP contribution in [0, 0.1) is 11.9 Å². The third kappa shape index (κ3) is 4.94. The summed E-state index contributed by atoms with van der Waals surface area (Å²) in [5, 5.41) is 0. The molecule has 1 aromatic rings. The van der Waals surface area contributed by atoms with Crippen molar-refractivity contribution < 1.29 is 17.6 Å². The molecule has 0 saturated carbocycles. The minimum atomic E-state index is -3.71. The number of rotatable bonds is 6. The Kier molecular flexibility index (Phi) is 5.41. The number of nitrogens with zero attached hydrogens (tertiary/aromatic N) is 1. The lowest BCUT2D eigenvalue weighted by Crippen LogP contribution is -2.34. The number of halogens is 1. The third-order valence-electron chi connectivity index (χ3n) is 2.85. The molecule has 5 nitrogen and oxygen atoms in total. The fraction of sp³-hybridized carbons (Fsp3) is 0.500. The lowest BCUT2D eigenvalue weighted by Gasteiger charge is -2.13. The average Bonchev–Trinajstić information content (AvgIpc) is 2.35. The zero-order valence-corrected chi connectivity index (χ0v) is 11.7. The second-order valence-electron chi connectivity index (χ2n) is 4.26. The zero-order chi connectivity index (χ0) is 14.5. The molecule has 0 aromatic carbocycles. The molecule has 0 atom stereocenters. The van der Waals surface area contributed by atoms with Crippen LogP contribution < -0.4 is 4.72 Å². The Hall–Kier alpha value is -1.50. The molecular weight excluding hydrogens is 271 g/mol. The monoisotopic (exact) mass is 288 g/mol. The van der Waals surface area contributed by atoms with E-state index in [2.05, 4.69) is 4.98 Å². The minimum absolute atomic E-state index is 0.000485. The molecule has 1 N–H and O–H groups in total. The molecule has 0 saturated heterocycles. The molecule has 0 aliphatic rings. The molecule has 19 heavy (non-hydrogen) atoms. The maximum atomic E-state index is 12.8. The van der Waals surface area contributed by atoms with Crippen LogP contribution >= 0.6 is 0 Å². The highest BCUT2D eigenvalue weighted by Crippen LogP contribution is 2.10. The van der Waals surface area contributed by atoms with Crippen LogP contribution in [0.1, 0.15) is 37.0 Å². The molecule has 1 rings (SSSR count). The number of nitrogens with one attached hydrogen (secondary N) is 1. The van der Waals surface area contributed by atoms with Crippen LogP contribution in [0.25, 0.3) is 0 Å². The van der Waals surface area contributed by atoms with Crippen molar-refractivity contribution in [1.82, 2.24) is 9.71 Å². The summed E-state index contributed by atoms with van der Waals surface area (Å²) in [6.07, 6.45) is 2.54. The summed E-state index contributed by atoms with van der Waals surface area (Å²) < 4.78 is 38.3. The summed E-state index contributed by atoms with van der Waals surface area (Å²) in [7, 11) is -3.71. The molecule has 1 aromatic heterocycles. The van der Waals surface area contributed by atoms with Crippen LogP contribution in [0.2, 0.25) is 0 Å². The molecule has 106 valence electrons. The SMILES string of the molecule is CCC(CC)CS(=O)(=O)NC(=O)c1ccnc(F)c1. The smallest absolute Gasteiger partial charge is 0.264 e. The van der Waals surface area contributed by atoms with E-state index in [0.29, 0.717) is 0 Å². The number of aromatic nitrogens is 1. The van der Waals surface area contributed by atoms with E-state index in [9.17, 15) is 17.6 Å². The predicted molar refractivity (Wildman–Crippen MR) is 69.5 cm³/mol. The summed E-state index contributed by atoms with van der Waals surface area (Å²) in [4.78, 5) is 15.0. The van der Waals surface area contributed by atoms with Gasteiger partial charge in [-0.2, -0.15) is 4.39 Å². The molecule has 0 aliphatic carbocycles. The highest BCUT2D eigenvalue weighted by Gasteiger charge is 2.20. The maximum Gasteiger partial charge on any atom is 0.264 e. The fourth-order valence-electron chi connectivity index (χ4n) is 1.62. The van der Waals surface area contributed by atoms with E-state index < -0.39 is 21.9 Å². The maximum absolute atomic E-state index is 12.8. The first kappa shape index (κ1) is 15.6. The third-order valence-corrected chi connectivity index (χ3v) is 4.25. The quantitative estimate of drug-likeness (QED) is 0.809. The largest absolute Gasteiger partial charge is 0.268 e. The Morgan fingerprint density at radius 2 is 2.05 bits per heavy atom. The molecule has 0 bridgehead atoms. The van der Waals surface area contributed by atoms with Crippen molar-refractivity contribution in [2.24, 2.45) is 5.92 Å². The highest BCUT2D eigenvalue weighted by molar-refractivity contribution is 7.90. The van der Waals surface area contributed by atoms with Gasteiger partial charge in [0.15, 0.2) is 0 Å². The van der Waals surface area contributed by atoms with Gasteiger partial charge in [0, 0.05) is 17.8 Å². The lowest BCUT2D eigenvalue weighted by atomic mass is 10.1. The molecular formula is C12H17FN2O3S. The number of pyridine rings is 1. The van der Waals surface area contributed by atoms with Crippen molar-refractivity contribution in [2.75, 3.05) is 5.75 Å². The van der Waals surface area contributed by atoms with Crippen LogP contribution in [-0.2, 0) is 10.0 Å². The molecule has 0 spiro atoms. The van der Waals surface area contributed by atoms with Crippen molar-refractivity contribution in [2.45, 2.75) is 26.7 Å². The molecule has 0 aliphatic heterocycles. The number of carbonyl (C=O) groups excluding carboxylic acids is 1. The second kappa shape index (κ2) is 6.60. The molecule has 0 radical (unpaired) electrons. The van der Waals surface area contributed by atoms with Gasteiger partial charge in [0.1, 0.15) is 0 Å². The summed E-state index contributed by atoms with van der Waals surface area (Å²) in [5.74, 6) is -1.78. The Labute approximate surface area is 112 Å². The zero-order valence-electron chi connectivity index (χ0n) is 10.9. The van der Waals surface area contributed by atoms with E-state index in [1.165, 1.54) is 6.07 Å². The highest BCUT2D eigenvalue weighted by atomic mass is 32.2. The molecule has 7 heteroatoms. The topological polar surface area (TPSA) is 76.1 Å². The summed E-state index contributed by atoms with van der Waals surface area (Å²) >= 11 is 0. The standard InChI is InChI=1S/C12H17FN2O3S/c1-3-9(4-2)8-19(17,18)15-12(16)10-5-6-14-11(13)7-10/h5-7,9H,3-4,8H2,1-2H3,(H,15,16). The summed E-state index contributed by atoms with van der Waals surface area (Å²) in [6.45, 7) is 3.79. The number of hydrogen-bond donors (Lipinski definition) is 1. The normalized spacial score (nSPS) is 11.6. The van der Waals surface area contributed by atoms with Gasteiger partial charge in [-0.25, -0.2) is 18.1 Å². The van der Waals surface area contributed by atoms with Gasteiger partial charge in [0.05, 0.1) is 5.75 Å². The van der Waals surface area contributed by atoms with E-state index in [-0.39, 0.29) is 17.2 Å². The first-order valence-electron chi connectivity index (χ1n) is 6.04. The van der Waals surface area contributed by atoms with E-state index in [1.807, 2.05) is 18.6 Å². The van der Waals surface area contributed by atoms with Crippen LogP contribution in [-0.4, -0.2) is 25.1 Å². The van der Waals surface area contributed by atoms with Gasteiger partial charge in [-0.3, -0.25) is 4.79 Å². The second-order valence-corrected chi connectivity index (χ2v) is 6.03. The lowest BCUT2D eigenvalue weighted by molar-refractivity contribution is 0.0980. The van der Waals surface area contributed by atoms with Crippen LogP contribution in [0.5, 0.6) is 0 Å². The summed E-state index contributed by atoms with van der Waals surface area (Å²) in [5.41, 5.74) is -0.0689. The van der Waals surface area contributed by atoms with E-state index in [0.717, 1.165) is 25.1 Å². The van der Waals surface area contributed by atoms with Gasteiger partial charge >= 0.3 is 0 Å². The van der Waals surface area contributed by atoms with Gasteiger partial charge in [-0.1, -0.05) is 26.7 Å². The first-order chi connectivity index (χ1) is 8.88. The Balaban J connectivity index is 2.76. The number of hydrogen-bond acceptors (Lipinski definition) is 4.